The maximum absolute atomic E-state index is 9.32. The van der Waals surface area contributed by atoms with Gasteiger partial charge < -0.3 is 14.6 Å². The van der Waals surface area contributed by atoms with Gasteiger partial charge in [-0.2, -0.15) is 0 Å². The maximum Gasteiger partial charge on any atom is 0.124 e. The Balaban J connectivity index is 1.92. The summed E-state index contributed by atoms with van der Waals surface area (Å²) in [5.41, 5.74) is 3.15. The third kappa shape index (κ3) is 3.75. The van der Waals surface area contributed by atoms with Crippen molar-refractivity contribution in [2.45, 2.75) is 20.0 Å². The molecule has 20 heavy (non-hydrogen) atoms. The number of methoxy groups -OCH3 is 1. The van der Waals surface area contributed by atoms with Crippen LogP contribution in [0.2, 0.25) is 0 Å². The fourth-order valence-electron chi connectivity index (χ4n) is 2.04. The second-order valence-electron chi connectivity index (χ2n) is 4.72. The summed E-state index contributed by atoms with van der Waals surface area (Å²) < 4.78 is 10.9. The molecule has 2 rings (SSSR count). The first-order chi connectivity index (χ1) is 9.72. The number of aliphatic hydroxyl groups is 1. The van der Waals surface area contributed by atoms with Gasteiger partial charge in [-0.25, -0.2) is 0 Å². The molecular formula is C17H20O3. The van der Waals surface area contributed by atoms with Crippen molar-refractivity contribution in [2.24, 2.45) is 0 Å². The molecule has 0 aliphatic carbocycles. The average Bonchev–Trinajstić information content (AvgIpc) is 2.49. The van der Waals surface area contributed by atoms with Crippen LogP contribution in [0, 0.1) is 6.92 Å². The number of hydrogen-bond acceptors (Lipinski definition) is 3. The van der Waals surface area contributed by atoms with Crippen LogP contribution in [-0.2, 0) is 13.0 Å². The predicted octanol–water partition coefficient (Wildman–Crippen LogP) is 3.12. The summed E-state index contributed by atoms with van der Waals surface area (Å²) in [5, 5.41) is 9.32. The highest BCUT2D eigenvalue weighted by Gasteiger charge is 2.03. The lowest BCUT2D eigenvalue weighted by atomic mass is 10.1. The van der Waals surface area contributed by atoms with Gasteiger partial charge in [-0.05, 0) is 30.7 Å². The van der Waals surface area contributed by atoms with Crippen molar-refractivity contribution in [1.29, 1.82) is 0 Å². The first kappa shape index (κ1) is 14.4. The van der Waals surface area contributed by atoms with E-state index in [1.165, 1.54) is 5.56 Å². The molecule has 2 aromatic rings. The third-order valence-corrected chi connectivity index (χ3v) is 3.19. The molecule has 2 aromatic carbocycles. The molecule has 3 nitrogen and oxygen atoms in total. The highest BCUT2D eigenvalue weighted by Crippen LogP contribution is 2.20. The molecule has 0 radical (unpaired) electrons. The first-order valence-corrected chi connectivity index (χ1v) is 6.69. The Morgan fingerprint density at radius 3 is 2.45 bits per heavy atom. The minimum absolute atomic E-state index is 0.000447. The van der Waals surface area contributed by atoms with E-state index >= 15 is 0 Å². The van der Waals surface area contributed by atoms with Crippen LogP contribution < -0.4 is 9.47 Å². The topological polar surface area (TPSA) is 38.7 Å². The zero-order chi connectivity index (χ0) is 14.4. The lowest BCUT2D eigenvalue weighted by Crippen LogP contribution is -2.03. The Morgan fingerprint density at radius 2 is 1.80 bits per heavy atom. The standard InChI is InChI=1S/C17H20O3/c1-13-3-8-17(15(11-13)12-18)20-10-9-14-4-6-16(19-2)7-5-14/h3-8,11,18H,9-10,12H2,1-2H3. The van der Waals surface area contributed by atoms with Crippen LogP contribution in [0.15, 0.2) is 42.5 Å². The van der Waals surface area contributed by atoms with Gasteiger partial charge in [-0.1, -0.05) is 29.8 Å². The molecule has 0 fully saturated rings. The molecule has 0 unspecified atom stereocenters. The monoisotopic (exact) mass is 272 g/mol. The van der Waals surface area contributed by atoms with Gasteiger partial charge in [0.2, 0.25) is 0 Å². The highest BCUT2D eigenvalue weighted by atomic mass is 16.5. The Kier molecular flexibility index (Phi) is 5.02. The fourth-order valence-corrected chi connectivity index (χ4v) is 2.04. The van der Waals surface area contributed by atoms with Crippen molar-refractivity contribution in [1.82, 2.24) is 0 Å². The van der Waals surface area contributed by atoms with Crippen LogP contribution in [0.1, 0.15) is 16.7 Å². The number of benzene rings is 2. The largest absolute Gasteiger partial charge is 0.497 e. The molecule has 0 bridgehead atoms. The van der Waals surface area contributed by atoms with Gasteiger partial charge in [0.25, 0.3) is 0 Å². The molecule has 106 valence electrons. The van der Waals surface area contributed by atoms with E-state index in [0.29, 0.717) is 6.61 Å². The van der Waals surface area contributed by atoms with E-state index in [0.717, 1.165) is 29.0 Å². The quantitative estimate of drug-likeness (QED) is 0.878. The summed E-state index contributed by atoms with van der Waals surface area (Å²) in [7, 11) is 1.66. The molecule has 0 aromatic heterocycles. The Morgan fingerprint density at radius 1 is 1.05 bits per heavy atom. The van der Waals surface area contributed by atoms with E-state index in [4.69, 9.17) is 9.47 Å². The van der Waals surface area contributed by atoms with Crippen molar-refractivity contribution < 1.29 is 14.6 Å². The molecule has 1 N–H and O–H groups in total. The van der Waals surface area contributed by atoms with Gasteiger partial charge in [0.05, 0.1) is 20.3 Å². The number of hydrogen-bond donors (Lipinski definition) is 1. The van der Waals surface area contributed by atoms with Gasteiger partial charge >= 0.3 is 0 Å². The molecule has 0 saturated heterocycles. The number of aryl methyl sites for hydroxylation is 1. The smallest absolute Gasteiger partial charge is 0.124 e. The van der Waals surface area contributed by atoms with E-state index in [2.05, 4.69) is 0 Å². The lowest BCUT2D eigenvalue weighted by molar-refractivity contribution is 0.263. The van der Waals surface area contributed by atoms with Crippen molar-refractivity contribution in [3.63, 3.8) is 0 Å². The number of ether oxygens (including phenoxy) is 2. The summed E-state index contributed by atoms with van der Waals surface area (Å²) in [6, 6.07) is 13.8. The summed E-state index contributed by atoms with van der Waals surface area (Å²) in [5.74, 6) is 1.61. The third-order valence-electron chi connectivity index (χ3n) is 3.19. The molecule has 0 spiro atoms. The number of rotatable bonds is 6. The van der Waals surface area contributed by atoms with E-state index in [-0.39, 0.29) is 6.61 Å². The molecule has 3 heteroatoms. The van der Waals surface area contributed by atoms with Crippen molar-refractivity contribution in [3.8, 4) is 11.5 Å². The zero-order valence-corrected chi connectivity index (χ0v) is 11.9. The summed E-state index contributed by atoms with van der Waals surface area (Å²) in [6.07, 6.45) is 0.822. The van der Waals surface area contributed by atoms with Crippen molar-refractivity contribution >= 4 is 0 Å². The Bertz CT molecular complexity index is 547. The minimum atomic E-state index is -0.000447. The Hall–Kier alpha value is -2.00. The van der Waals surface area contributed by atoms with Crippen LogP contribution in [0.4, 0.5) is 0 Å². The number of aliphatic hydroxyl groups excluding tert-OH is 1. The van der Waals surface area contributed by atoms with Gasteiger partial charge in [0.15, 0.2) is 0 Å². The zero-order valence-electron chi connectivity index (χ0n) is 11.9. The summed E-state index contributed by atoms with van der Waals surface area (Å²) in [4.78, 5) is 0. The van der Waals surface area contributed by atoms with E-state index < -0.39 is 0 Å². The predicted molar refractivity (Wildman–Crippen MR) is 79.3 cm³/mol. The lowest BCUT2D eigenvalue weighted by Gasteiger charge is -2.11. The second-order valence-corrected chi connectivity index (χ2v) is 4.72. The van der Waals surface area contributed by atoms with Crippen LogP contribution in [-0.4, -0.2) is 18.8 Å². The Labute approximate surface area is 119 Å². The van der Waals surface area contributed by atoms with Crippen molar-refractivity contribution in [2.75, 3.05) is 13.7 Å². The molecule has 0 saturated carbocycles. The maximum atomic E-state index is 9.32. The second kappa shape index (κ2) is 6.96. The van der Waals surface area contributed by atoms with Crippen molar-refractivity contribution in [3.05, 3.63) is 59.2 Å². The van der Waals surface area contributed by atoms with Crippen LogP contribution >= 0.6 is 0 Å². The van der Waals surface area contributed by atoms with E-state index in [1.807, 2.05) is 49.4 Å². The van der Waals surface area contributed by atoms with Crippen LogP contribution in [0.3, 0.4) is 0 Å². The minimum Gasteiger partial charge on any atom is -0.497 e. The SMILES string of the molecule is COc1ccc(CCOc2ccc(C)cc2CO)cc1. The van der Waals surface area contributed by atoms with E-state index in [1.54, 1.807) is 7.11 Å². The van der Waals surface area contributed by atoms with Gasteiger partial charge in [-0.3, -0.25) is 0 Å². The molecule has 0 aliphatic rings. The normalized spacial score (nSPS) is 10.3. The molecule has 0 amide bonds. The highest BCUT2D eigenvalue weighted by molar-refractivity contribution is 5.36. The van der Waals surface area contributed by atoms with E-state index in [9.17, 15) is 5.11 Å². The molecule has 0 aliphatic heterocycles. The average molecular weight is 272 g/mol. The fraction of sp³-hybridized carbons (Fsp3) is 0.294. The molecular weight excluding hydrogens is 252 g/mol. The van der Waals surface area contributed by atoms with Crippen LogP contribution in [0.25, 0.3) is 0 Å². The summed E-state index contributed by atoms with van der Waals surface area (Å²) >= 11 is 0. The van der Waals surface area contributed by atoms with Gasteiger partial charge in [0.1, 0.15) is 11.5 Å². The molecule has 0 heterocycles. The summed E-state index contributed by atoms with van der Waals surface area (Å²) in [6.45, 7) is 2.59. The van der Waals surface area contributed by atoms with Gasteiger partial charge in [0, 0.05) is 12.0 Å². The first-order valence-electron chi connectivity index (χ1n) is 6.69. The van der Waals surface area contributed by atoms with Gasteiger partial charge in [-0.15, -0.1) is 0 Å². The molecule has 0 atom stereocenters. The van der Waals surface area contributed by atoms with Crippen LogP contribution in [0.5, 0.6) is 11.5 Å².